The molecule has 3 aromatic carbocycles. The summed E-state index contributed by atoms with van der Waals surface area (Å²) in [6, 6.07) is 21.0. The van der Waals surface area contributed by atoms with Gasteiger partial charge in [0.15, 0.2) is 0 Å². The summed E-state index contributed by atoms with van der Waals surface area (Å²) in [5.41, 5.74) is 7.28. The number of imidazole rings is 1. The summed E-state index contributed by atoms with van der Waals surface area (Å²) in [7, 11) is 0. The van der Waals surface area contributed by atoms with Crippen LogP contribution >= 0.6 is 0 Å². The smallest absolute Gasteiger partial charge is 0.419 e. The molecule has 4 N–H and O–H groups in total. The molecule has 34 heavy (non-hydrogen) atoms. The number of aromatic nitrogens is 2. The first-order valence-electron chi connectivity index (χ1n) is 10.6. The lowest BCUT2D eigenvalue weighted by molar-refractivity contribution is -0.139. The van der Waals surface area contributed by atoms with Gasteiger partial charge < -0.3 is 20.6 Å². The third-order valence-corrected chi connectivity index (χ3v) is 5.47. The molecule has 1 atom stereocenters. The Kier molecular flexibility index (Phi) is 6.45. The highest BCUT2D eigenvalue weighted by Gasteiger charge is 2.35. The van der Waals surface area contributed by atoms with Gasteiger partial charge in [-0.3, -0.25) is 0 Å². The van der Waals surface area contributed by atoms with Crippen LogP contribution in [0, 0.1) is 0 Å². The Morgan fingerprint density at radius 1 is 0.941 bits per heavy atom. The Morgan fingerprint density at radius 2 is 1.68 bits per heavy atom. The van der Waals surface area contributed by atoms with E-state index in [9.17, 15) is 18.3 Å². The Morgan fingerprint density at radius 3 is 2.38 bits per heavy atom. The zero-order valence-corrected chi connectivity index (χ0v) is 18.4. The highest BCUT2D eigenvalue weighted by Crippen LogP contribution is 2.39. The van der Waals surface area contributed by atoms with E-state index in [1.165, 1.54) is 18.3 Å². The van der Waals surface area contributed by atoms with Gasteiger partial charge in [0.25, 0.3) is 0 Å². The predicted molar refractivity (Wildman–Crippen MR) is 124 cm³/mol. The van der Waals surface area contributed by atoms with Crippen LogP contribution < -0.4 is 10.5 Å². The Bertz CT molecular complexity index is 1270. The molecule has 1 heterocycles. The number of nitrogens with zero attached hydrogens (tertiary/aromatic N) is 1. The van der Waals surface area contributed by atoms with Crippen LogP contribution in [-0.4, -0.2) is 21.7 Å². The second-order valence-electron chi connectivity index (χ2n) is 8.28. The zero-order chi connectivity index (χ0) is 24.3. The van der Waals surface area contributed by atoms with Gasteiger partial charge in [-0.2, -0.15) is 13.2 Å². The number of halogens is 3. The number of alkyl halides is 3. The molecule has 8 heteroatoms. The quantitative estimate of drug-likeness (QED) is 0.335. The number of aliphatic hydroxyl groups excluding tert-OH is 1. The molecule has 0 radical (unpaired) electrons. The van der Waals surface area contributed by atoms with Gasteiger partial charge in [-0.25, -0.2) is 4.98 Å². The monoisotopic (exact) mass is 467 g/mol. The maximum atomic E-state index is 13.8. The zero-order valence-electron chi connectivity index (χ0n) is 18.4. The van der Waals surface area contributed by atoms with Crippen molar-refractivity contribution in [3.8, 4) is 28.1 Å². The minimum Gasteiger partial charge on any atom is -0.488 e. The average Bonchev–Trinajstić information content (AvgIpc) is 3.34. The normalized spacial score (nSPS) is 13.5. The van der Waals surface area contributed by atoms with Crippen LogP contribution in [0.3, 0.4) is 0 Å². The molecule has 0 fully saturated rings. The summed E-state index contributed by atoms with van der Waals surface area (Å²) in [5, 5.41) is 9.40. The van der Waals surface area contributed by atoms with Crippen molar-refractivity contribution in [1.29, 1.82) is 0 Å². The lowest BCUT2D eigenvalue weighted by Crippen LogP contribution is -2.38. The average molecular weight is 467 g/mol. The number of H-pyrrole nitrogens is 1. The molecule has 0 aliphatic carbocycles. The topological polar surface area (TPSA) is 84.2 Å². The largest absolute Gasteiger partial charge is 0.488 e. The molecular formula is C26H24F3N3O2. The fraction of sp³-hybridized carbons (Fsp3) is 0.192. The molecule has 4 aromatic rings. The van der Waals surface area contributed by atoms with E-state index in [1.807, 2.05) is 54.6 Å². The van der Waals surface area contributed by atoms with Crippen LogP contribution in [-0.2, 0) is 18.3 Å². The van der Waals surface area contributed by atoms with E-state index in [4.69, 9.17) is 10.5 Å². The van der Waals surface area contributed by atoms with E-state index >= 15 is 0 Å². The van der Waals surface area contributed by atoms with Gasteiger partial charge in [0, 0.05) is 5.56 Å². The minimum atomic E-state index is -4.62. The van der Waals surface area contributed by atoms with Gasteiger partial charge >= 0.3 is 6.18 Å². The fourth-order valence-electron chi connectivity index (χ4n) is 3.51. The van der Waals surface area contributed by atoms with Crippen LogP contribution in [0.15, 0.2) is 79.0 Å². The van der Waals surface area contributed by atoms with Crippen molar-refractivity contribution in [1.82, 2.24) is 9.97 Å². The molecule has 5 nitrogen and oxygen atoms in total. The predicted octanol–water partition coefficient (Wildman–Crippen LogP) is 5.51. The summed E-state index contributed by atoms with van der Waals surface area (Å²) in [6.45, 7) is 1.19. The highest BCUT2D eigenvalue weighted by molar-refractivity contribution is 5.64. The Hall–Kier alpha value is -3.62. The molecule has 0 amide bonds. The maximum absolute atomic E-state index is 13.8. The van der Waals surface area contributed by atoms with E-state index in [0.717, 1.165) is 22.8 Å². The lowest BCUT2D eigenvalue weighted by atomic mass is 10.0. The lowest BCUT2D eigenvalue weighted by Gasteiger charge is -2.18. The molecule has 0 saturated heterocycles. The summed E-state index contributed by atoms with van der Waals surface area (Å²) < 4.78 is 47.1. The fourth-order valence-corrected chi connectivity index (χ4v) is 3.51. The Balaban J connectivity index is 1.59. The number of ether oxygens (including phenoxy) is 1. The number of aromatic amines is 1. The summed E-state index contributed by atoms with van der Waals surface area (Å²) in [6.07, 6.45) is -3.23. The third kappa shape index (κ3) is 5.13. The first kappa shape index (κ1) is 23.5. The van der Waals surface area contributed by atoms with Crippen LogP contribution in [0.25, 0.3) is 22.4 Å². The SMILES string of the molecule is CC(N)(CO)c1ncc(-c2ccc(OCc3cccc(-c4ccccc4)c3)c(C(F)(F)F)c2)[nH]1. The first-order chi connectivity index (χ1) is 16.2. The Labute approximate surface area is 195 Å². The molecule has 0 saturated carbocycles. The third-order valence-electron chi connectivity index (χ3n) is 5.47. The summed E-state index contributed by atoms with van der Waals surface area (Å²) in [5.74, 6) is 0.0114. The first-order valence-corrected chi connectivity index (χ1v) is 10.6. The van der Waals surface area contributed by atoms with Gasteiger partial charge in [-0.1, -0.05) is 48.5 Å². The number of nitrogens with two attached hydrogens (primary N) is 1. The number of hydrogen-bond donors (Lipinski definition) is 3. The van der Waals surface area contributed by atoms with E-state index in [1.54, 1.807) is 6.92 Å². The molecule has 4 rings (SSSR count). The second kappa shape index (κ2) is 9.32. The summed E-state index contributed by atoms with van der Waals surface area (Å²) in [4.78, 5) is 7.00. The number of rotatable bonds is 7. The second-order valence-corrected chi connectivity index (χ2v) is 8.28. The highest BCUT2D eigenvalue weighted by atomic mass is 19.4. The van der Waals surface area contributed by atoms with Crippen molar-refractivity contribution in [2.75, 3.05) is 6.61 Å². The van der Waals surface area contributed by atoms with Crippen LogP contribution in [0.5, 0.6) is 5.75 Å². The van der Waals surface area contributed by atoms with Gasteiger partial charge in [0.05, 0.1) is 29.6 Å². The summed E-state index contributed by atoms with van der Waals surface area (Å²) >= 11 is 0. The van der Waals surface area contributed by atoms with Crippen molar-refractivity contribution in [2.24, 2.45) is 5.73 Å². The van der Waals surface area contributed by atoms with Crippen molar-refractivity contribution in [3.05, 3.63) is 95.9 Å². The van der Waals surface area contributed by atoms with Crippen molar-refractivity contribution < 1.29 is 23.0 Å². The molecule has 0 bridgehead atoms. The number of aliphatic hydroxyl groups is 1. The van der Waals surface area contributed by atoms with Gasteiger partial charge in [-0.15, -0.1) is 0 Å². The van der Waals surface area contributed by atoms with E-state index in [0.29, 0.717) is 5.69 Å². The van der Waals surface area contributed by atoms with Gasteiger partial charge in [0.1, 0.15) is 18.2 Å². The van der Waals surface area contributed by atoms with Crippen molar-refractivity contribution in [3.63, 3.8) is 0 Å². The molecule has 1 aromatic heterocycles. The van der Waals surface area contributed by atoms with Crippen molar-refractivity contribution >= 4 is 0 Å². The molecule has 0 aliphatic heterocycles. The molecule has 0 spiro atoms. The maximum Gasteiger partial charge on any atom is 0.419 e. The van der Waals surface area contributed by atoms with E-state index < -0.39 is 17.3 Å². The van der Waals surface area contributed by atoms with E-state index in [-0.39, 0.29) is 30.4 Å². The van der Waals surface area contributed by atoms with Crippen LogP contribution in [0.4, 0.5) is 13.2 Å². The standard InChI is InChI=1S/C26H24F3N3O2/c1-25(30,16-33)24-31-14-22(32-24)20-10-11-23(21(13-20)26(27,28)29)34-15-17-6-5-9-19(12-17)18-7-3-2-4-8-18/h2-14,33H,15-16,30H2,1H3,(H,31,32). The van der Waals surface area contributed by atoms with Gasteiger partial charge in [0.2, 0.25) is 0 Å². The van der Waals surface area contributed by atoms with Crippen LogP contribution in [0.1, 0.15) is 23.9 Å². The molecule has 1 unspecified atom stereocenters. The molecule has 0 aliphatic rings. The number of nitrogens with one attached hydrogen (secondary N) is 1. The number of benzene rings is 3. The minimum absolute atomic E-state index is 0.0145. The number of hydrogen-bond acceptors (Lipinski definition) is 4. The molecule has 176 valence electrons. The van der Waals surface area contributed by atoms with E-state index in [2.05, 4.69) is 9.97 Å². The van der Waals surface area contributed by atoms with Crippen LogP contribution in [0.2, 0.25) is 0 Å². The van der Waals surface area contributed by atoms with Crippen molar-refractivity contribution in [2.45, 2.75) is 25.2 Å². The van der Waals surface area contributed by atoms with Gasteiger partial charge in [-0.05, 0) is 47.9 Å². The molecular weight excluding hydrogens is 443 g/mol.